The number of alkyl halides is 7. The first-order valence-corrected chi connectivity index (χ1v) is 22.2. The molecule has 0 aliphatic carbocycles. The molecule has 0 aliphatic rings. The summed E-state index contributed by atoms with van der Waals surface area (Å²) in [5.41, 5.74) is 5.27. The number of hydrogen-bond acceptors (Lipinski definition) is 12. The lowest BCUT2D eigenvalue weighted by Crippen LogP contribution is -2.10. The van der Waals surface area contributed by atoms with Crippen molar-refractivity contribution >= 4 is 61.2 Å². The molecule has 0 unspecified atom stereocenters. The number of nitrogen functional groups attached to an aromatic ring is 1. The van der Waals surface area contributed by atoms with E-state index in [1.165, 1.54) is 42.5 Å². The third-order valence-electron chi connectivity index (χ3n) is 9.33. The molecule has 0 amide bonds. The van der Waals surface area contributed by atoms with Gasteiger partial charge in [0.2, 0.25) is 0 Å². The molecule has 6 rings (SSSR count). The average Bonchev–Trinajstić information content (AvgIpc) is 3.92. The molecule has 0 aliphatic heterocycles. The fourth-order valence-corrected chi connectivity index (χ4v) is 6.59. The Morgan fingerprint density at radius 2 is 1.13 bits per heavy atom. The standard InChI is InChI=1S/C23H24F4N2O4.C14H15BrF3NO2.C9H10FNO2/c1-3-6-16-19(10-9-17-20(16)33-29-21(17)23(25,26)27)32-12-5-11-28-14-7-8-15(18(24)13-14)22(30)31-4-2;1-2-4-9-11(20-8-3-7-15)6-5-10-12(9)21-19-13(10)14(16,17)18;1-2-13-9(12)7-4-3-6(11)5-8(7)10/h7-10,13,28H,3-6,11-12H2,1-2H3;5-6H,2-4,7-8H2,1H3;3-5H,2,11H2,1H3. The zero-order valence-electron chi connectivity index (χ0n) is 36.9. The molecule has 6 aromatic rings. The van der Waals surface area contributed by atoms with Gasteiger partial charge in [0.1, 0.15) is 23.1 Å². The Labute approximate surface area is 388 Å². The number of nitrogens with zero attached hydrogens (tertiary/aromatic N) is 2. The Morgan fingerprint density at radius 3 is 1.55 bits per heavy atom. The fourth-order valence-electron chi connectivity index (χ4n) is 6.36. The van der Waals surface area contributed by atoms with E-state index in [0.29, 0.717) is 67.1 Å². The topological polar surface area (TPSA) is 161 Å². The average molecular weight is 1020 g/mol. The van der Waals surface area contributed by atoms with Crippen molar-refractivity contribution in [3.8, 4) is 11.5 Å². The van der Waals surface area contributed by atoms with Crippen molar-refractivity contribution in [2.45, 2.75) is 78.6 Å². The molecule has 3 N–H and O–H groups in total. The van der Waals surface area contributed by atoms with Crippen LogP contribution in [-0.4, -0.2) is 60.6 Å². The molecule has 4 aromatic carbocycles. The van der Waals surface area contributed by atoms with Crippen molar-refractivity contribution in [3.63, 3.8) is 0 Å². The Morgan fingerprint density at radius 1 is 0.672 bits per heavy atom. The van der Waals surface area contributed by atoms with E-state index in [1.54, 1.807) is 26.0 Å². The first-order chi connectivity index (χ1) is 31.9. The van der Waals surface area contributed by atoms with Crippen molar-refractivity contribution in [1.82, 2.24) is 10.3 Å². The Kier molecular flexibility index (Phi) is 20.1. The van der Waals surface area contributed by atoms with Crippen molar-refractivity contribution in [2.24, 2.45) is 0 Å². The molecule has 0 atom stereocenters. The van der Waals surface area contributed by atoms with Crippen LogP contribution in [0, 0.1) is 11.6 Å². The Hall–Kier alpha value is -6.12. The molecule has 0 spiro atoms. The van der Waals surface area contributed by atoms with Crippen molar-refractivity contribution in [1.29, 1.82) is 0 Å². The van der Waals surface area contributed by atoms with E-state index in [-0.39, 0.29) is 58.6 Å². The van der Waals surface area contributed by atoms with Gasteiger partial charge in [-0.3, -0.25) is 0 Å². The van der Waals surface area contributed by atoms with E-state index in [0.717, 1.165) is 24.2 Å². The molecule has 12 nitrogen and oxygen atoms in total. The van der Waals surface area contributed by atoms with Gasteiger partial charge in [-0.25, -0.2) is 18.4 Å². The smallest absolute Gasteiger partial charge is 0.437 e. The number of nitrogens with two attached hydrogens (primary N) is 1. The molecule has 0 saturated heterocycles. The summed E-state index contributed by atoms with van der Waals surface area (Å²) < 4.78 is 136. The minimum Gasteiger partial charge on any atom is -0.493 e. The normalized spacial score (nSPS) is 11.4. The summed E-state index contributed by atoms with van der Waals surface area (Å²) in [6.07, 6.45) is -5.26. The molecule has 0 fully saturated rings. The molecule has 2 heterocycles. The highest BCUT2D eigenvalue weighted by Crippen LogP contribution is 2.39. The number of esters is 2. The van der Waals surface area contributed by atoms with Gasteiger partial charge in [-0.05, 0) is 100 Å². The number of aromatic nitrogens is 2. The van der Waals surface area contributed by atoms with E-state index < -0.39 is 47.3 Å². The first kappa shape index (κ1) is 53.5. The van der Waals surface area contributed by atoms with Crippen molar-refractivity contribution in [3.05, 3.63) is 106 Å². The number of hydrogen-bond donors (Lipinski definition) is 2. The highest BCUT2D eigenvalue weighted by Gasteiger charge is 2.39. The van der Waals surface area contributed by atoms with Gasteiger partial charge in [0.15, 0.2) is 22.6 Å². The van der Waals surface area contributed by atoms with Gasteiger partial charge < -0.3 is 39.0 Å². The summed E-state index contributed by atoms with van der Waals surface area (Å²) in [4.78, 5) is 22.7. The van der Waals surface area contributed by atoms with Gasteiger partial charge in [-0.2, -0.15) is 26.3 Å². The van der Waals surface area contributed by atoms with E-state index in [4.69, 9.17) is 29.0 Å². The van der Waals surface area contributed by atoms with Crippen LogP contribution in [0.2, 0.25) is 0 Å². The molecular formula is C46H49BrF8N4O8. The monoisotopic (exact) mass is 1020 g/mol. The zero-order chi connectivity index (χ0) is 49.3. The van der Waals surface area contributed by atoms with Crippen LogP contribution >= 0.6 is 15.9 Å². The maximum Gasteiger partial charge on any atom is 0.437 e. The lowest BCUT2D eigenvalue weighted by molar-refractivity contribution is -0.142. The van der Waals surface area contributed by atoms with Gasteiger partial charge in [0.25, 0.3) is 0 Å². The highest BCUT2D eigenvalue weighted by atomic mass is 79.9. The van der Waals surface area contributed by atoms with E-state index >= 15 is 0 Å². The minimum absolute atomic E-state index is 0.0150. The molecule has 2 aromatic heterocycles. The van der Waals surface area contributed by atoms with Crippen molar-refractivity contribution in [2.75, 3.05) is 49.4 Å². The van der Waals surface area contributed by atoms with E-state index in [2.05, 4.69) is 36.3 Å². The van der Waals surface area contributed by atoms with Gasteiger partial charge in [0.05, 0.1) is 48.3 Å². The number of aryl methyl sites for hydroxylation is 2. The summed E-state index contributed by atoms with van der Waals surface area (Å²) in [6, 6.07) is 13.7. The first-order valence-electron chi connectivity index (χ1n) is 21.1. The maximum absolute atomic E-state index is 14.1. The third kappa shape index (κ3) is 14.7. The van der Waals surface area contributed by atoms with Crippen LogP contribution in [0.15, 0.2) is 69.7 Å². The number of benzene rings is 4. The fraction of sp³-hybridized carbons (Fsp3) is 0.391. The van der Waals surface area contributed by atoms with Crippen LogP contribution in [0.1, 0.15) is 96.6 Å². The molecule has 67 heavy (non-hydrogen) atoms. The van der Waals surface area contributed by atoms with E-state index in [1.807, 2.05) is 13.8 Å². The number of rotatable bonds is 18. The molecular weight excluding hydrogens is 968 g/mol. The van der Waals surface area contributed by atoms with Gasteiger partial charge in [0, 0.05) is 34.4 Å². The summed E-state index contributed by atoms with van der Waals surface area (Å²) in [6.45, 7) is 8.75. The highest BCUT2D eigenvalue weighted by molar-refractivity contribution is 9.09. The quantitative estimate of drug-likeness (QED) is 0.0276. The largest absolute Gasteiger partial charge is 0.493 e. The van der Waals surface area contributed by atoms with Crippen molar-refractivity contribution < 1.29 is 72.7 Å². The molecule has 0 radical (unpaired) electrons. The predicted octanol–water partition coefficient (Wildman–Crippen LogP) is 12.5. The van der Waals surface area contributed by atoms with Gasteiger partial charge in [-0.1, -0.05) is 52.9 Å². The minimum atomic E-state index is -4.60. The number of fused-ring (bicyclic) bond motifs is 2. The lowest BCUT2D eigenvalue weighted by Gasteiger charge is -2.12. The lowest BCUT2D eigenvalue weighted by atomic mass is 10.0. The number of carbonyl (C=O) groups is 2. The molecule has 0 saturated carbocycles. The van der Waals surface area contributed by atoms with Crippen LogP contribution in [0.3, 0.4) is 0 Å². The second kappa shape index (κ2) is 25.1. The van der Waals surface area contributed by atoms with Crippen LogP contribution < -0.4 is 20.5 Å². The molecule has 364 valence electrons. The maximum atomic E-state index is 14.1. The van der Waals surface area contributed by atoms with Crippen LogP contribution in [0.25, 0.3) is 21.9 Å². The second-order valence-electron chi connectivity index (χ2n) is 14.3. The number of halogens is 9. The van der Waals surface area contributed by atoms with E-state index in [9.17, 15) is 44.7 Å². The number of carbonyl (C=O) groups excluding carboxylic acids is 2. The predicted molar refractivity (Wildman–Crippen MR) is 238 cm³/mol. The second-order valence-corrected chi connectivity index (χ2v) is 15.1. The zero-order valence-corrected chi connectivity index (χ0v) is 38.5. The molecule has 0 bridgehead atoms. The summed E-state index contributed by atoms with van der Waals surface area (Å²) in [7, 11) is 0. The Bertz CT molecular complexity index is 2560. The number of anilines is 2. The number of ether oxygens (including phenoxy) is 4. The summed E-state index contributed by atoms with van der Waals surface area (Å²) >= 11 is 3.30. The Balaban J connectivity index is 0.000000245. The van der Waals surface area contributed by atoms with Crippen LogP contribution in [0.5, 0.6) is 11.5 Å². The third-order valence-corrected chi connectivity index (χ3v) is 9.90. The SMILES string of the molecule is CCCc1c(OCCCBr)ccc2c(C(F)(F)F)noc12.CCCc1c(OCCCNc2ccc(C(=O)OCC)c(F)c2)ccc2c(C(F)(F)F)noc12.CCOC(=O)c1ccc(N)cc1F. The summed E-state index contributed by atoms with van der Waals surface area (Å²) in [5, 5.41) is 10.1. The number of nitrogens with one attached hydrogen (secondary N) is 1. The van der Waals surface area contributed by atoms with Gasteiger partial charge >= 0.3 is 24.3 Å². The van der Waals surface area contributed by atoms with Gasteiger partial charge in [-0.15, -0.1) is 0 Å². The summed E-state index contributed by atoms with van der Waals surface area (Å²) in [5.74, 6) is -1.71. The molecule has 21 heteroatoms. The van der Waals surface area contributed by atoms with Crippen LogP contribution in [0.4, 0.5) is 46.5 Å². The van der Waals surface area contributed by atoms with Crippen LogP contribution in [-0.2, 0) is 34.7 Å².